The zero-order valence-corrected chi connectivity index (χ0v) is 12.3. The number of aromatic nitrogens is 1. The highest BCUT2D eigenvalue weighted by molar-refractivity contribution is 5.84. The van der Waals surface area contributed by atoms with E-state index >= 15 is 0 Å². The average molecular weight is 287 g/mol. The molecular formula is C16H21N3O2. The molecule has 2 heterocycles. The van der Waals surface area contributed by atoms with Crippen LogP contribution < -0.4 is 5.32 Å². The third-order valence-electron chi connectivity index (χ3n) is 3.89. The molecule has 5 heteroatoms. The van der Waals surface area contributed by atoms with Crippen molar-refractivity contribution in [1.82, 2.24) is 15.2 Å². The van der Waals surface area contributed by atoms with E-state index in [0.29, 0.717) is 32.8 Å². The van der Waals surface area contributed by atoms with Crippen LogP contribution in [0.4, 0.5) is 4.79 Å². The van der Waals surface area contributed by atoms with Gasteiger partial charge in [0.1, 0.15) is 0 Å². The second-order valence-electron chi connectivity index (χ2n) is 5.44. The van der Waals surface area contributed by atoms with E-state index in [1.54, 1.807) is 0 Å². The summed E-state index contributed by atoms with van der Waals surface area (Å²) < 4.78 is 5.25. The van der Waals surface area contributed by atoms with Crippen LogP contribution in [0.2, 0.25) is 0 Å². The van der Waals surface area contributed by atoms with Gasteiger partial charge in [-0.3, -0.25) is 0 Å². The van der Waals surface area contributed by atoms with Crippen molar-refractivity contribution >= 4 is 16.9 Å². The van der Waals surface area contributed by atoms with Gasteiger partial charge in [0.2, 0.25) is 0 Å². The first-order valence-corrected chi connectivity index (χ1v) is 7.41. The largest absolute Gasteiger partial charge is 0.378 e. The van der Waals surface area contributed by atoms with E-state index in [9.17, 15) is 4.79 Å². The SMILES string of the molecule is Cc1ccc2[nH]cc(CCNC(=O)N3CCOCC3)c2c1. The second kappa shape index (κ2) is 6.18. The number of hydrogen-bond acceptors (Lipinski definition) is 2. The number of hydrogen-bond donors (Lipinski definition) is 2. The van der Waals surface area contributed by atoms with Gasteiger partial charge in [0, 0.05) is 36.7 Å². The van der Waals surface area contributed by atoms with Gasteiger partial charge in [-0.05, 0) is 31.0 Å². The molecule has 1 aromatic heterocycles. The maximum atomic E-state index is 12.0. The maximum Gasteiger partial charge on any atom is 0.317 e. The molecule has 0 atom stereocenters. The molecular weight excluding hydrogens is 266 g/mol. The van der Waals surface area contributed by atoms with Crippen LogP contribution in [-0.4, -0.2) is 48.8 Å². The van der Waals surface area contributed by atoms with Crippen LogP contribution >= 0.6 is 0 Å². The molecule has 0 aliphatic carbocycles. The molecule has 5 nitrogen and oxygen atoms in total. The van der Waals surface area contributed by atoms with Crippen molar-refractivity contribution in [1.29, 1.82) is 0 Å². The van der Waals surface area contributed by atoms with Crippen LogP contribution in [0.5, 0.6) is 0 Å². The number of carbonyl (C=O) groups excluding carboxylic acids is 1. The lowest BCUT2D eigenvalue weighted by Gasteiger charge is -2.26. The predicted octanol–water partition coefficient (Wildman–Crippen LogP) is 2.06. The van der Waals surface area contributed by atoms with Crippen LogP contribution in [0, 0.1) is 6.92 Å². The van der Waals surface area contributed by atoms with E-state index in [0.717, 1.165) is 11.9 Å². The first kappa shape index (κ1) is 13.9. The van der Waals surface area contributed by atoms with E-state index in [4.69, 9.17) is 4.74 Å². The lowest BCUT2D eigenvalue weighted by Crippen LogP contribution is -2.46. The van der Waals surface area contributed by atoms with Crippen LogP contribution in [0.1, 0.15) is 11.1 Å². The van der Waals surface area contributed by atoms with Crippen LogP contribution in [0.25, 0.3) is 10.9 Å². The summed E-state index contributed by atoms with van der Waals surface area (Å²) in [5, 5.41) is 4.23. The van der Waals surface area contributed by atoms with Gasteiger partial charge >= 0.3 is 6.03 Å². The number of urea groups is 1. The molecule has 1 saturated heterocycles. The summed E-state index contributed by atoms with van der Waals surface area (Å²) in [6.45, 7) is 5.37. The average Bonchev–Trinajstić information content (AvgIpc) is 2.90. The number of aromatic amines is 1. The van der Waals surface area contributed by atoms with Crippen LogP contribution in [0.15, 0.2) is 24.4 Å². The number of aryl methyl sites for hydroxylation is 1. The second-order valence-corrected chi connectivity index (χ2v) is 5.44. The predicted molar refractivity (Wildman–Crippen MR) is 82.5 cm³/mol. The minimum Gasteiger partial charge on any atom is -0.378 e. The molecule has 2 aromatic rings. The molecule has 0 bridgehead atoms. The van der Waals surface area contributed by atoms with Crippen molar-refractivity contribution in [2.75, 3.05) is 32.8 Å². The Morgan fingerprint density at radius 1 is 1.38 bits per heavy atom. The Morgan fingerprint density at radius 2 is 2.19 bits per heavy atom. The maximum absolute atomic E-state index is 12.0. The van der Waals surface area contributed by atoms with Crippen LogP contribution in [-0.2, 0) is 11.2 Å². The third-order valence-corrected chi connectivity index (χ3v) is 3.89. The zero-order valence-electron chi connectivity index (χ0n) is 12.3. The van der Waals surface area contributed by atoms with Crippen molar-refractivity contribution in [2.45, 2.75) is 13.3 Å². The number of fused-ring (bicyclic) bond motifs is 1. The molecule has 112 valence electrons. The molecule has 0 radical (unpaired) electrons. The van der Waals surface area contributed by atoms with Gasteiger partial charge in [0.15, 0.2) is 0 Å². The summed E-state index contributed by atoms with van der Waals surface area (Å²) in [5.74, 6) is 0. The molecule has 1 aliphatic heterocycles. The fraction of sp³-hybridized carbons (Fsp3) is 0.438. The lowest BCUT2D eigenvalue weighted by molar-refractivity contribution is 0.0533. The van der Waals surface area contributed by atoms with E-state index in [1.165, 1.54) is 16.5 Å². The Bertz CT molecular complexity index is 629. The highest BCUT2D eigenvalue weighted by Crippen LogP contribution is 2.19. The highest BCUT2D eigenvalue weighted by Gasteiger charge is 2.16. The number of morpholine rings is 1. The topological polar surface area (TPSA) is 57.4 Å². The number of rotatable bonds is 3. The van der Waals surface area contributed by atoms with Crippen molar-refractivity contribution in [3.8, 4) is 0 Å². The molecule has 3 rings (SSSR count). The molecule has 2 amide bonds. The van der Waals surface area contributed by atoms with E-state index < -0.39 is 0 Å². The van der Waals surface area contributed by atoms with Gasteiger partial charge < -0.3 is 19.9 Å². The van der Waals surface area contributed by atoms with Crippen molar-refractivity contribution < 1.29 is 9.53 Å². The fourth-order valence-electron chi connectivity index (χ4n) is 2.68. The van der Waals surface area contributed by atoms with Gasteiger partial charge in [-0.2, -0.15) is 0 Å². The Hall–Kier alpha value is -2.01. The molecule has 1 aliphatic rings. The molecule has 1 aromatic carbocycles. The Labute approximate surface area is 124 Å². The number of benzene rings is 1. The fourth-order valence-corrected chi connectivity index (χ4v) is 2.68. The number of nitrogens with zero attached hydrogens (tertiary/aromatic N) is 1. The van der Waals surface area contributed by atoms with Gasteiger partial charge in [-0.25, -0.2) is 4.79 Å². The molecule has 0 unspecified atom stereocenters. The van der Waals surface area contributed by atoms with E-state index in [2.05, 4.69) is 35.4 Å². The smallest absolute Gasteiger partial charge is 0.317 e. The summed E-state index contributed by atoms with van der Waals surface area (Å²) in [6, 6.07) is 6.39. The number of ether oxygens (including phenoxy) is 1. The Balaban J connectivity index is 1.56. The molecule has 21 heavy (non-hydrogen) atoms. The summed E-state index contributed by atoms with van der Waals surface area (Å²) in [4.78, 5) is 17.1. The first-order chi connectivity index (χ1) is 10.2. The number of carbonyl (C=O) groups is 1. The normalized spacial score (nSPS) is 15.4. The van der Waals surface area contributed by atoms with Crippen molar-refractivity contribution in [3.63, 3.8) is 0 Å². The van der Waals surface area contributed by atoms with Gasteiger partial charge in [0.05, 0.1) is 13.2 Å². The van der Waals surface area contributed by atoms with Crippen LogP contribution in [0.3, 0.4) is 0 Å². The number of H-pyrrole nitrogens is 1. The monoisotopic (exact) mass is 287 g/mol. The number of amides is 2. The molecule has 0 spiro atoms. The summed E-state index contributed by atoms with van der Waals surface area (Å²) >= 11 is 0. The Kier molecular flexibility index (Phi) is 4.10. The van der Waals surface area contributed by atoms with E-state index in [1.807, 2.05) is 11.1 Å². The number of nitrogens with one attached hydrogen (secondary N) is 2. The summed E-state index contributed by atoms with van der Waals surface area (Å²) in [7, 11) is 0. The summed E-state index contributed by atoms with van der Waals surface area (Å²) in [6.07, 6.45) is 2.87. The zero-order chi connectivity index (χ0) is 14.7. The quantitative estimate of drug-likeness (QED) is 0.908. The minimum absolute atomic E-state index is 0.00863. The van der Waals surface area contributed by atoms with Crippen molar-refractivity contribution in [2.24, 2.45) is 0 Å². The molecule has 0 saturated carbocycles. The third kappa shape index (κ3) is 3.19. The Morgan fingerprint density at radius 3 is 3.00 bits per heavy atom. The van der Waals surface area contributed by atoms with Gasteiger partial charge in [0.25, 0.3) is 0 Å². The minimum atomic E-state index is 0.00863. The van der Waals surface area contributed by atoms with Gasteiger partial charge in [-0.15, -0.1) is 0 Å². The van der Waals surface area contributed by atoms with E-state index in [-0.39, 0.29) is 6.03 Å². The summed E-state index contributed by atoms with van der Waals surface area (Å²) in [5.41, 5.74) is 3.65. The highest BCUT2D eigenvalue weighted by atomic mass is 16.5. The standard InChI is InChI=1S/C16H21N3O2/c1-12-2-3-15-14(10-12)13(11-18-15)4-5-17-16(20)19-6-8-21-9-7-19/h2-3,10-11,18H,4-9H2,1H3,(H,17,20). The van der Waals surface area contributed by atoms with Gasteiger partial charge in [-0.1, -0.05) is 11.6 Å². The molecule has 2 N–H and O–H groups in total. The molecule has 1 fully saturated rings. The lowest BCUT2D eigenvalue weighted by atomic mass is 10.1. The first-order valence-electron chi connectivity index (χ1n) is 7.41. The van der Waals surface area contributed by atoms with Crippen molar-refractivity contribution in [3.05, 3.63) is 35.5 Å².